The maximum Gasteiger partial charge on any atom is 0.129 e. The Labute approximate surface area is 105 Å². The van der Waals surface area contributed by atoms with E-state index in [1.807, 2.05) is 19.2 Å². The van der Waals surface area contributed by atoms with Crippen molar-refractivity contribution < 1.29 is 9.15 Å². The molecule has 0 aliphatic carbocycles. The maximum absolute atomic E-state index is 5.75. The van der Waals surface area contributed by atoms with Crippen LogP contribution in [0.15, 0.2) is 16.5 Å². The number of furan rings is 1. The lowest BCUT2D eigenvalue weighted by Gasteiger charge is -2.21. The molecule has 0 aromatic carbocycles. The largest absolute Gasteiger partial charge is 0.462 e. The van der Waals surface area contributed by atoms with Crippen molar-refractivity contribution in [3.63, 3.8) is 0 Å². The monoisotopic (exact) mass is 239 g/mol. The second kappa shape index (κ2) is 6.22. The van der Waals surface area contributed by atoms with Gasteiger partial charge in [-0.1, -0.05) is 20.8 Å². The molecule has 0 saturated carbocycles. The van der Waals surface area contributed by atoms with Crippen LogP contribution in [-0.4, -0.2) is 14.2 Å². The van der Waals surface area contributed by atoms with Gasteiger partial charge in [0, 0.05) is 7.11 Å². The molecule has 1 rings (SSSR count). The van der Waals surface area contributed by atoms with Crippen molar-refractivity contribution in [2.24, 2.45) is 5.41 Å². The number of nitrogens with one attached hydrogen (secondary N) is 1. The third-order valence-corrected chi connectivity index (χ3v) is 2.84. The first-order valence-corrected chi connectivity index (χ1v) is 6.21. The van der Waals surface area contributed by atoms with Crippen LogP contribution in [0.5, 0.6) is 0 Å². The highest BCUT2D eigenvalue weighted by molar-refractivity contribution is 5.10. The van der Waals surface area contributed by atoms with E-state index in [0.29, 0.717) is 18.1 Å². The Bertz CT molecular complexity index is 325. The highest BCUT2D eigenvalue weighted by Gasteiger charge is 2.18. The topological polar surface area (TPSA) is 34.4 Å². The molecule has 17 heavy (non-hydrogen) atoms. The fraction of sp³-hybridized carbons (Fsp3) is 0.714. The first kappa shape index (κ1) is 14.3. The van der Waals surface area contributed by atoms with Crippen LogP contribution in [0.25, 0.3) is 0 Å². The van der Waals surface area contributed by atoms with Crippen molar-refractivity contribution in [2.75, 3.05) is 14.2 Å². The van der Waals surface area contributed by atoms with Gasteiger partial charge in [-0.2, -0.15) is 0 Å². The lowest BCUT2D eigenvalue weighted by molar-refractivity contribution is 0.161. The molecule has 3 heteroatoms. The van der Waals surface area contributed by atoms with Gasteiger partial charge in [0.15, 0.2) is 0 Å². The van der Waals surface area contributed by atoms with Gasteiger partial charge in [0.1, 0.15) is 18.1 Å². The zero-order valence-corrected chi connectivity index (χ0v) is 11.7. The van der Waals surface area contributed by atoms with Crippen molar-refractivity contribution in [2.45, 2.75) is 46.3 Å². The lowest BCUT2D eigenvalue weighted by atomic mass is 9.88. The number of rotatable bonds is 6. The Balaban J connectivity index is 2.59. The van der Waals surface area contributed by atoms with Gasteiger partial charge in [-0.25, -0.2) is 0 Å². The summed E-state index contributed by atoms with van der Waals surface area (Å²) < 4.78 is 10.8. The van der Waals surface area contributed by atoms with E-state index in [0.717, 1.165) is 17.9 Å². The molecule has 1 heterocycles. The van der Waals surface area contributed by atoms with E-state index < -0.39 is 0 Å². The van der Waals surface area contributed by atoms with E-state index in [1.165, 1.54) is 6.42 Å². The molecule has 0 spiro atoms. The van der Waals surface area contributed by atoms with Crippen LogP contribution < -0.4 is 5.32 Å². The molecule has 3 nitrogen and oxygen atoms in total. The second-order valence-corrected chi connectivity index (χ2v) is 5.68. The van der Waals surface area contributed by atoms with Crippen molar-refractivity contribution >= 4 is 0 Å². The first-order valence-electron chi connectivity index (χ1n) is 6.21. The predicted molar refractivity (Wildman–Crippen MR) is 69.9 cm³/mol. The SMILES string of the molecule is CNC(CCC(C)(C)C)c1ccc(COC)o1. The van der Waals surface area contributed by atoms with Gasteiger partial charge in [0.2, 0.25) is 0 Å². The van der Waals surface area contributed by atoms with Crippen molar-refractivity contribution in [1.82, 2.24) is 5.32 Å². The minimum Gasteiger partial charge on any atom is -0.462 e. The molecule has 1 N–H and O–H groups in total. The molecular formula is C14H25NO2. The summed E-state index contributed by atoms with van der Waals surface area (Å²) in [4.78, 5) is 0. The quantitative estimate of drug-likeness (QED) is 0.825. The van der Waals surface area contributed by atoms with Crippen molar-refractivity contribution in [1.29, 1.82) is 0 Å². The summed E-state index contributed by atoms with van der Waals surface area (Å²) in [7, 11) is 3.66. The summed E-state index contributed by atoms with van der Waals surface area (Å²) in [6, 6.07) is 4.32. The Kier molecular flexibility index (Phi) is 5.22. The van der Waals surface area contributed by atoms with E-state index in [2.05, 4.69) is 26.1 Å². The summed E-state index contributed by atoms with van der Waals surface area (Å²) in [6.45, 7) is 7.32. The lowest BCUT2D eigenvalue weighted by Crippen LogP contribution is -2.18. The summed E-state index contributed by atoms with van der Waals surface area (Å²) in [6.07, 6.45) is 2.25. The third-order valence-electron chi connectivity index (χ3n) is 2.84. The first-order chi connectivity index (χ1) is 7.96. The van der Waals surface area contributed by atoms with E-state index in [-0.39, 0.29) is 0 Å². The Morgan fingerprint density at radius 2 is 2.06 bits per heavy atom. The zero-order chi connectivity index (χ0) is 12.9. The summed E-state index contributed by atoms with van der Waals surface area (Å²) in [5.74, 6) is 1.89. The third kappa shape index (κ3) is 4.92. The molecule has 98 valence electrons. The van der Waals surface area contributed by atoms with Crippen LogP contribution in [0.3, 0.4) is 0 Å². The van der Waals surface area contributed by atoms with E-state index in [4.69, 9.17) is 9.15 Å². The van der Waals surface area contributed by atoms with Crippen LogP contribution >= 0.6 is 0 Å². The molecule has 0 saturated heterocycles. The normalized spacial score (nSPS) is 13.9. The van der Waals surface area contributed by atoms with Crippen LogP contribution in [-0.2, 0) is 11.3 Å². The van der Waals surface area contributed by atoms with Gasteiger partial charge < -0.3 is 14.5 Å². The number of methoxy groups -OCH3 is 1. The fourth-order valence-corrected chi connectivity index (χ4v) is 1.81. The van der Waals surface area contributed by atoms with Gasteiger partial charge in [0.05, 0.1) is 6.04 Å². The molecule has 1 aromatic heterocycles. The maximum atomic E-state index is 5.75. The molecule has 0 radical (unpaired) electrons. The van der Waals surface area contributed by atoms with Crippen LogP contribution in [0.1, 0.15) is 51.2 Å². The Morgan fingerprint density at radius 3 is 2.59 bits per heavy atom. The number of hydrogen-bond acceptors (Lipinski definition) is 3. The van der Waals surface area contributed by atoms with Crippen molar-refractivity contribution in [3.8, 4) is 0 Å². The number of hydrogen-bond donors (Lipinski definition) is 1. The smallest absolute Gasteiger partial charge is 0.129 e. The van der Waals surface area contributed by atoms with Gasteiger partial charge in [-0.3, -0.25) is 0 Å². The van der Waals surface area contributed by atoms with Gasteiger partial charge in [-0.15, -0.1) is 0 Å². The van der Waals surface area contributed by atoms with Gasteiger partial charge >= 0.3 is 0 Å². The standard InChI is InChI=1S/C14H25NO2/c1-14(2,3)9-8-12(15-4)13-7-6-11(17-13)10-16-5/h6-7,12,15H,8-10H2,1-5H3. The van der Waals surface area contributed by atoms with Crippen LogP contribution in [0, 0.1) is 5.41 Å². The fourth-order valence-electron chi connectivity index (χ4n) is 1.81. The molecule has 0 fully saturated rings. The molecule has 0 bridgehead atoms. The molecule has 1 unspecified atom stereocenters. The molecule has 0 aliphatic heterocycles. The minimum atomic E-state index is 0.292. The average molecular weight is 239 g/mol. The molecular weight excluding hydrogens is 214 g/mol. The minimum absolute atomic E-state index is 0.292. The summed E-state index contributed by atoms with van der Waals surface area (Å²) in [5.41, 5.74) is 0.358. The number of ether oxygens (including phenoxy) is 1. The molecule has 0 amide bonds. The van der Waals surface area contributed by atoms with E-state index >= 15 is 0 Å². The van der Waals surface area contributed by atoms with Crippen LogP contribution in [0.4, 0.5) is 0 Å². The predicted octanol–water partition coefficient (Wildman–Crippen LogP) is 3.51. The average Bonchev–Trinajstić information content (AvgIpc) is 2.66. The zero-order valence-electron chi connectivity index (χ0n) is 11.7. The highest BCUT2D eigenvalue weighted by Crippen LogP contribution is 2.28. The molecule has 0 aliphatic rings. The van der Waals surface area contributed by atoms with Gasteiger partial charge in [-0.05, 0) is 37.4 Å². The second-order valence-electron chi connectivity index (χ2n) is 5.68. The van der Waals surface area contributed by atoms with E-state index in [9.17, 15) is 0 Å². The molecule has 1 aromatic rings. The molecule has 1 atom stereocenters. The van der Waals surface area contributed by atoms with Crippen molar-refractivity contribution in [3.05, 3.63) is 23.7 Å². The summed E-state index contributed by atoms with van der Waals surface area (Å²) >= 11 is 0. The van der Waals surface area contributed by atoms with Gasteiger partial charge in [0.25, 0.3) is 0 Å². The Morgan fingerprint density at radius 1 is 1.35 bits per heavy atom. The highest BCUT2D eigenvalue weighted by atomic mass is 16.5. The Hall–Kier alpha value is -0.800. The van der Waals surface area contributed by atoms with E-state index in [1.54, 1.807) is 7.11 Å². The van der Waals surface area contributed by atoms with Crippen LogP contribution in [0.2, 0.25) is 0 Å². The summed E-state index contributed by atoms with van der Waals surface area (Å²) in [5, 5.41) is 3.31.